The first-order valence-corrected chi connectivity index (χ1v) is 11.7. The fourth-order valence-corrected chi connectivity index (χ4v) is 4.31. The molecule has 0 atom stereocenters. The lowest BCUT2D eigenvalue weighted by atomic mass is 10.2. The van der Waals surface area contributed by atoms with Crippen LogP contribution in [0.5, 0.6) is 0 Å². The van der Waals surface area contributed by atoms with E-state index in [1.165, 1.54) is 29.4 Å². The van der Waals surface area contributed by atoms with E-state index < -0.39 is 28.5 Å². The lowest BCUT2D eigenvalue weighted by Gasteiger charge is -2.18. The predicted molar refractivity (Wildman–Crippen MR) is 126 cm³/mol. The summed E-state index contributed by atoms with van der Waals surface area (Å²) < 4.78 is 31.3. The Balaban J connectivity index is 1.86. The quantitative estimate of drug-likeness (QED) is 0.404. The van der Waals surface area contributed by atoms with Crippen LogP contribution in [-0.2, 0) is 29.1 Å². The van der Waals surface area contributed by atoms with E-state index in [1.54, 1.807) is 50.2 Å². The Labute approximate surface area is 193 Å². The lowest BCUT2D eigenvalue weighted by Crippen LogP contribution is -2.30. The monoisotopic (exact) mass is 473 g/mol. The molecule has 33 heavy (non-hydrogen) atoms. The molecule has 0 aliphatic rings. The van der Waals surface area contributed by atoms with Gasteiger partial charge in [0.2, 0.25) is 15.9 Å². The summed E-state index contributed by atoms with van der Waals surface area (Å²) in [5.74, 6) is -1.44. The molecule has 0 aromatic heterocycles. The minimum Gasteiger partial charge on any atom is -0.452 e. The normalized spacial score (nSPS) is 11.4. The van der Waals surface area contributed by atoms with Crippen LogP contribution in [0.15, 0.2) is 59.5 Å². The fraction of sp³-hybridized carbons (Fsp3) is 0.261. The van der Waals surface area contributed by atoms with Gasteiger partial charge in [0.05, 0.1) is 4.90 Å². The summed E-state index contributed by atoms with van der Waals surface area (Å²) in [7, 11) is -3.55. The summed E-state index contributed by atoms with van der Waals surface area (Å²) in [6, 6.07) is 12.6. The number of sulfonamides is 1. The van der Waals surface area contributed by atoms with E-state index in [2.05, 4.69) is 10.6 Å². The number of esters is 1. The van der Waals surface area contributed by atoms with Gasteiger partial charge in [0, 0.05) is 37.5 Å². The highest BCUT2D eigenvalue weighted by atomic mass is 32.2. The number of carbonyl (C=O) groups is 3. The number of ether oxygens (including phenoxy) is 1. The van der Waals surface area contributed by atoms with E-state index in [4.69, 9.17) is 4.74 Å². The summed E-state index contributed by atoms with van der Waals surface area (Å²) in [6.45, 7) is 5.22. The van der Waals surface area contributed by atoms with Gasteiger partial charge in [-0.25, -0.2) is 13.2 Å². The average molecular weight is 474 g/mol. The SMILES string of the molecule is CCN(CC)S(=O)(=O)c1ccc(/C=C/C(=O)OCC(=O)Nc2ccc(NC(C)=O)cc2)cc1. The van der Waals surface area contributed by atoms with Crippen molar-refractivity contribution in [2.24, 2.45) is 0 Å². The molecule has 2 amide bonds. The molecule has 0 radical (unpaired) electrons. The molecule has 0 aliphatic heterocycles. The zero-order valence-corrected chi connectivity index (χ0v) is 19.5. The van der Waals surface area contributed by atoms with Crippen LogP contribution in [0.4, 0.5) is 11.4 Å². The van der Waals surface area contributed by atoms with E-state index in [0.717, 1.165) is 6.08 Å². The summed E-state index contributed by atoms with van der Waals surface area (Å²) in [6.07, 6.45) is 2.62. The molecule has 0 unspecified atom stereocenters. The number of nitrogens with one attached hydrogen (secondary N) is 2. The number of rotatable bonds is 10. The topological polar surface area (TPSA) is 122 Å². The number of anilines is 2. The largest absolute Gasteiger partial charge is 0.452 e. The van der Waals surface area contributed by atoms with Gasteiger partial charge in [-0.2, -0.15) is 4.31 Å². The maximum atomic E-state index is 12.5. The highest BCUT2D eigenvalue weighted by molar-refractivity contribution is 7.89. The number of hydrogen-bond acceptors (Lipinski definition) is 6. The van der Waals surface area contributed by atoms with E-state index in [9.17, 15) is 22.8 Å². The Morgan fingerprint density at radius 2 is 1.45 bits per heavy atom. The van der Waals surface area contributed by atoms with Crippen LogP contribution in [0.2, 0.25) is 0 Å². The molecule has 9 nitrogen and oxygen atoms in total. The van der Waals surface area contributed by atoms with Crippen molar-refractivity contribution < 1.29 is 27.5 Å². The van der Waals surface area contributed by atoms with Gasteiger partial charge >= 0.3 is 5.97 Å². The van der Waals surface area contributed by atoms with Gasteiger partial charge in [0.25, 0.3) is 5.91 Å². The predicted octanol–water partition coefficient (Wildman–Crippen LogP) is 2.87. The number of hydrogen-bond donors (Lipinski definition) is 2. The number of nitrogens with zero attached hydrogens (tertiary/aromatic N) is 1. The Morgan fingerprint density at radius 3 is 1.97 bits per heavy atom. The van der Waals surface area contributed by atoms with E-state index >= 15 is 0 Å². The molecule has 2 rings (SSSR count). The van der Waals surface area contributed by atoms with Gasteiger partial charge in [-0.1, -0.05) is 26.0 Å². The second-order valence-electron chi connectivity index (χ2n) is 6.91. The van der Waals surface area contributed by atoms with Crippen LogP contribution in [0.1, 0.15) is 26.3 Å². The van der Waals surface area contributed by atoms with Crippen molar-refractivity contribution in [1.82, 2.24) is 4.31 Å². The molecule has 0 spiro atoms. The van der Waals surface area contributed by atoms with E-state index in [-0.39, 0.29) is 10.8 Å². The highest BCUT2D eigenvalue weighted by Gasteiger charge is 2.20. The lowest BCUT2D eigenvalue weighted by molar-refractivity contribution is -0.142. The Hall–Kier alpha value is -3.50. The minimum atomic E-state index is -3.55. The first-order chi connectivity index (χ1) is 15.6. The zero-order valence-electron chi connectivity index (χ0n) is 18.7. The van der Waals surface area contributed by atoms with Crippen molar-refractivity contribution in [3.63, 3.8) is 0 Å². The van der Waals surface area contributed by atoms with Crippen LogP contribution in [0, 0.1) is 0 Å². The summed E-state index contributed by atoms with van der Waals surface area (Å²) in [5, 5.41) is 5.19. The average Bonchev–Trinajstić information content (AvgIpc) is 2.78. The molecule has 2 aromatic rings. The molecule has 0 heterocycles. The van der Waals surface area contributed by atoms with Crippen molar-refractivity contribution in [2.75, 3.05) is 30.3 Å². The molecular formula is C23H27N3O6S. The molecule has 0 bridgehead atoms. The third kappa shape index (κ3) is 7.85. The Bertz CT molecular complexity index is 1110. The van der Waals surface area contributed by atoms with Gasteiger partial charge in [-0.3, -0.25) is 9.59 Å². The maximum Gasteiger partial charge on any atom is 0.331 e. The molecule has 176 valence electrons. The van der Waals surface area contributed by atoms with Gasteiger partial charge < -0.3 is 15.4 Å². The fourth-order valence-electron chi connectivity index (χ4n) is 2.85. The Kier molecular flexibility index (Phi) is 9.31. The molecule has 2 aromatic carbocycles. The van der Waals surface area contributed by atoms with Gasteiger partial charge in [0.1, 0.15) is 0 Å². The number of carbonyl (C=O) groups excluding carboxylic acids is 3. The molecule has 0 aliphatic carbocycles. The molecule has 0 fully saturated rings. The first kappa shape index (κ1) is 25.8. The van der Waals surface area contributed by atoms with E-state index in [0.29, 0.717) is 30.0 Å². The molecule has 0 saturated heterocycles. The molecular weight excluding hydrogens is 446 g/mol. The van der Waals surface area contributed by atoms with Crippen LogP contribution < -0.4 is 10.6 Å². The van der Waals surface area contributed by atoms with Gasteiger partial charge in [-0.15, -0.1) is 0 Å². The van der Waals surface area contributed by atoms with Crippen molar-refractivity contribution in [3.05, 3.63) is 60.2 Å². The van der Waals surface area contributed by atoms with Crippen molar-refractivity contribution in [3.8, 4) is 0 Å². The number of amides is 2. The minimum absolute atomic E-state index is 0.174. The first-order valence-electron chi connectivity index (χ1n) is 10.3. The number of benzene rings is 2. The molecule has 0 saturated carbocycles. The van der Waals surface area contributed by atoms with Crippen LogP contribution in [-0.4, -0.2) is 50.2 Å². The van der Waals surface area contributed by atoms with E-state index in [1.807, 2.05) is 0 Å². The molecule has 2 N–H and O–H groups in total. The smallest absolute Gasteiger partial charge is 0.331 e. The van der Waals surface area contributed by atoms with Gasteiger partial charge in [0.15, 0.2) is 6.61 Å². The third-order valence-corrected chi connectivity index (χ3v) is 6.53. The standard InChI is InChI=1S/C23H27N3O6S/c1-4-26(5-2)33(30,31)21-13-6-18(7-14-21)8-15-23(29)32-16-22(28)25-20-11-9-19(10-12-20)24-17(3)27/h6-15H,4-5,16H2,1-3H3,(H,24,27)(H,25,28)/b15-8+. The van der Waals surface area contributed by atoms with Crippen molar-refractivity contribution >= 4 is 45.3 Å². The second kappa shape index (κ2) is 11.9. The zero-order chi connectivity index (χ0) is 24.4. The maximum absolute atomic E-state index is 12.5. The van der Waals surface area contributed by atoms with Crippen LogP contribution >= 0.6 is 0 Å². The molecule has 10 heteroatoms. The van der Waals surface area contributed by atoms with Crippen LogP contribution in [0.25, 0.3) is 6.08 Å². The van der Waals surface area contributed by atoms with Crippen LogP contribution in [0.3, 0.4) is 0 Å². The third-order valence-electron chi connectivity index (χ3n) is 4.47. The summed E-state index contributed by atoms with van der Waals surface area (Å²) >= 11 is 0. The summed E-state index contributed by atoms with van der Waals surface area (Å²) in [5.41, 5.74) is 1.69. The van der Waals surface area contributed by atoms with Crippen molar-refractivity contribution in [1.29, 1.82) is 0 Å². The summed E-state index contributed by atoms with van der Waals surface area (Å²) in [4.78, 5) is 35.0. The second-order valence-corrected chi connectivity index (χ2v) is 8.84. The van der Waals surface area contributed by atoms with Crippen molar-refractivity contribution in [2.45, 2.75) is 25.7 Å². The highest BCUT2D eigenvalue weighted by Crippen LogP contribution is 2.17. The van der Waals surface area contributed by atoms with Gasteiger partial charge in [-0.05, 0) is 48.0 Å². The Morgan fingerprint density at radius 1 is 0.909 bits per heavy atom.